The molecule has 0 aromatic heterocycles. The summed E-state index contributed by atoms with van der Waals surface area (Å²) >= 11 is 0. The van der Waals surface area contributed by atoms with Gasteiger partial charge in [-0.1, -0.05) is 34.6 Å². The van der Waals surface area contributed by atoms with E-state index in [9.17, 15) is 0 Å². The third-order valence-electron chi connectivity index (χ3n) is 0. The zero-order chi connectivity index (χ0) is 7.58. The predicted molar refractivity (Wildman–Crippen MR) is 40.0 cm³/mol. The first-order valence-corrected chi connectivity index (χ1v) is 3.18. The molecule has 54 valence electrons. The molecule has 0 radical (unpaired) electrons. The monoisotopic (exact) mass is 120 g/mol. The maximum absolute atomic E-state index is 7.00. The van der Waals surface area contributed by atoms with Crippen molar-refractivity contribution in [3.05, 3.63) is 0 Å². The molecule has 1 heteroatoms. The second-order valence-electron chi connectivity index (χ2n) is 1.73. The van der Waals surface area contributed by atoms with Crippen LogP contribution in [0.25, 0.3) is 0 Å². The summed E-state index contributed by atoms with van der Waals surface area (Å²) in [7, 11) is 1.00. The summed E-state index contributed by atoms with van der Waals surface area (Å²) in [5.74, 6) is 0.833. The molecule has 0 spiro atoms. The van der Waals surface area contributed by atoms with Crippen LogP contribution < -0.4 is 0 Å². The Labute approximate surface area is 53.7 Å². The van der Waals surface area contributed by atoms with E-state index in [1.54, 1.807) is 0 Å². The summed E-state index contributed by atoms with van der Waals surface area (Å²) in [6.07, 6.45) is 0. The van der Waals surface area contributed by atoms with Gasteiger partial charge in [0.05, 0.1) is 0 Å². The van der Waals surface area contributed by atoms with Gasteiger partial charge in [0, 0.05) is 7.11 Å². The summed E-state index contributed by atoms with van der Waals surface area (Å²) in [6, 6.07) is 0. The highest BCUT2D eigenvalue weighted by molar-refractivity contribution is 4.20. The molecule has 0 aliphatic heterocycles. The first-order valence-electron chi connectivity index (χ1n) is 3.18. The quantitative estimate of drug-likeness (QED) is 0.520. The molecule has 0 aromatic carbocycles. The fourth-order valence-corrected chi connectivity index (χ4v) is 0. The Morgan fingerprint density at radius 2 is 0.875 bits per heavy atom. The summed E-state index contributed by atoms with van der Waals surface area (Å²) in [6.45, 7) is 10.5. The molecule has 0 saturated carbocycles. The first-order chi connectivity index (χ1) is 3.73. The Hall–Kier alpha value is -0.0400. The lowest BCUT2D eigenvalue weighted by Crippen LogP contribution is -1.66. The van der Waals surface area contributed by atoms with Gasteiger partial charge >= 0.3 is 0 Å². The number of rotatable bonds is 0. The van der Waals surface area contributed by atoms with E-state index in [0.717, 1.165) is 13.0 Å². The zero-order valence-electron chi connectivity index (χ0n) is 7.02. The van der Waals surface area contributed by atoms with Crippen LogP contribution in [0.4, 0.5) is 0 Å². The smallest absolute Gasteiger partial charge is 0.0319 e. The van der Waals surface area contributed by atoms with Gasteiger partial charge in [0.2, 0.25) is 0 Å². The highest BCUT2D eigenvalue weighted by Crippen LogP contribution is 1.81. The van der Waals surface area contributed by atoms with Gasteiger partial charge in [-0.3, -0.25) is 0 Å². The lowest BCUT2D eigenvalue weighted by atomic mass is 10.3. The molecule has 0 amide bonds. The topological polar surface area (TPSA) is 20.2 Å². The number of aliphatic hydroxyl groups is 1. The van der Waals surface area contributed by atoms with Crippen molar-refractivity contribution in [3.8, 4) is 0 Å². The summed E-state index contributed by atoms with van der Waals surface area (Å²) in [5, 5.41) is 7.00. The van der Waals surface area contributed by atoms with Gasteiger partial charge < -0.3 is 5.11 Å². The molecule has 8 heavy (non-hydrogen) atoms. The van der Waals surface area contributed by atoms with Crippen molar-refractivity contribution < 1.29 is 5.11 Å². The Kier molecular flexibility index (Phi) is 55.3. The Morgan fingerprint density at radius 1 is 0.875 bits per heavy atom. The van der Waals surface area contributed by atoms with Crippen LogP contribution in [-0.2, 0) is 0 Å². The fourth-order valence-electron chi connectivity index (χ4n) is 0. The van der Waals surface area contributed by atoms with E-state index >= 15 is 0 Å². The average molecular weight is 120 g/mol. The second-order valence-corrected chi connectivity index (χ2v) is 1.73. The van der Waals surface area contributed by atoms with Gasteiger partial charge in [-0.15, -0.1) is 0 Å². The van der Waals surface area contributed by atoms with Gasteiger partial charge in [-0.2, -0.15) is 0 Å². The van der Waals surface area contributed by atoms with Gasteiger partial charge in [0.25, 0.3) is 0 Å². The normalized spacial score (nSPS) is 6.00. The van der Waals surface area contributed by atoms with Crippen molar-refractivity contribution in [1.29, 1.82) is 0 Å². The lowest BCUT2D eigenvalue weighted by Gasteiger charge is -1.79. The largest absolute Gasteiger partial charge is 0.400 e. The molecule has 0 rings (SSSR count). The van der Waals surface area contributed by atoms with E-state index in [0.29, 0.717) is 0 Å². The van der Waals surface area contributed by atoms with Gasteiger partial charge in [-0.05, 0) is 5.92 Å². The summed E-state index contributed by atoms with van der Waals surface area (Å²) in [4.78, 5) is 0. The van der Waals surface area contributed by atoms with Crippen molar-refractivity contribution in [2.24, 2.45) is 5.92 Å². The SMILES string of the molecule is CC.CC(C)C.CO. The summed E-state index contributed by atoms with van der Waals surface area (Å²) in [5.41, 5.74) is 0. The Morgan fingerprint density at radius 3 is 0.875 bits per heavy atom. The Bertz CT molecular complexity index is 9.10. The molecule has 0 atom stereocenters. The minimum Gasteiger partial charge on any atom is -0.400 e. The fraction of sp³-hybridized carbons (Fsp3) is 1.00. The van der Waals surface area contributed by atoms with Gasteiger partial charge in [0.1, 0.15) is 0 Å². The first kappa shape index (κ1) is 15.7. The average Bonchev–Trinajstić information content (AvgIpc) is 1.75. The van der Waals surface area contributed by atoms with E-state index in [1.807, 2.05) is 13.8 Å². The summed E-state index contributed by atoms with van der Waals surface area (Å²) < 4.78 is 0. The van der Waals surface area contributed by atoms with Crippen LogP contribution >= 0.6 is 0 Å². The molecule has 0 saturated heterocycles. The van der Waals surface area contributed by atoms with Crippen LogP contribution in [0.15, 0.2) is 0 Å². The standard InChI is InChI=1S/C4H10.C2H6.CH4O/c1-4(2)3;2*1-2/h4H,1-3H3;1-2H3;2H,1H3. The maximum atomic E-state index is 7.00. The molecule has 0 aliphatic carbocycles. The minimum atomic E-state index is 0.833. The molecule has 0 aromatic rings. The molecule has 0 heterocycles. The zero-order valence-corrected chi connectivity index (χ0v) is 7.02. The molecule has 0 fully saturated rings. The molecule has 0 bridgehead atoms. The van der Waals surface area contributed by atoms with E-state index in [4.69, 9.17) is 5.11 Å². The molecule has 0 unspecified atom stereocenters. The minimum absolute atomic E-state index is 0.833. The van der Waals surface area contributed by atoms with E-state index < -0.39 is 0 Å². The van der Waals surface area contributed by atoms with Gasteiger partial charge in [0.15, 0.2) is 0 Å². The van der Waals surface area contributed by atoms with Crippen LogP contribution in [0.3, 0.4) is 0 Å². The van der Waals surface area contributed by atoms with E-state index in [-0.39, 0.29) is 0 Å². The number of aliphatic hydroxyl groups excluding tert-OH is 1. The van der Waals surface area contributed by atoms with Crippen molar-refractivity contribution in [1.82, 2.24) is 0 Å². The molecule has 1 N–H and O–H groups in total. The highest BCUT2D eigenvalue weighted by atomic mass is 16.2. The van der Waals surface area contributed by atoms with E-state index in [1.165, 1.54) is 0 Å². The van der Waals surface area contributed by atoms with Gasteiger partial charge in [-0.25, -0.2) is 0 Å². The highest BCUT2D eigenvalue weighted by Gasteiger charge is 1.68. The van der Waals surface area contributed by atoms with Crippen LogP contribution in [0.1, 0.15) is 34.6 Å². The van der Waals surface area contributed by atoms with Crippen LogP contribution in [0.2, 0.25) is 0 Å². The lowest BCUT2D eigenvalue weighted by molar-refractivity contribution is 0.399. The molecular weight excluding hydrogens is 100 g/mol. The maximum Gasteiger partial charge on any atom is 0.0319 e. The van der Waals surface area contributed by atoms with Crippen molar-refractivity contribution in [2.45, 2.75) is 34.6 Å². The van der Waals surface area contributed by atoms with Crippen LogP contribution in [-0.4, -0.2) is 12.2 Å². The second kappa shape index (κ2) is 28.2. The molecule has 0 aliphatic rings. The number of hydrogen-bond donors (Lipinski definition) is 1. The van der Waals surface area contributed by atoms with Crippen molar-refractivity contribution in [3.63, 3.8) is 0 Å². The van der Waals surface area contributed by atoms with Crippen molar-refractivity contribution >= 4 is 0 Å². The third kappa shape index (κ3) is 91600. The molecule has 1 nitrogen and oxygen atoms in total. The molecular formula is C7H20O. The third-order valence-corrected chi connectivity index (χ3v) is 0. The number of hydrogen-bond acceptors (Lipinski definition) is 1. The van der Waals surface area contributed by atoms with Crippen LogP contribution in [0.5, 0.6) is 0 Å². The van der Waals surface area contributed by atoms with E-state index in [2.05, 4.69) is 20.8 Å². The van der Waals surface area contributed by atoms with Crippen LogP contribution in [0, 0.1) is 5.92 Å². The Balaban J connectivity index is -0.0000000542. The predicted octanol–water partition coefficient (Wildman–Crippen LogP) is 2.30. The van der Waals surface area contributed by atoms with Crippen molar-refractivity contribution in [2.75, 3.05) is 7.11 Å².